The molecular weight excluding hydrogens is 206 g/mol. The number of primary amides is 1. The number of rotatable bonds is 4. The molecule has 4 unspecified atom stereocenters. The highest BCUT2D eigenvalue weighted by atomic mass is 16.5. The molecule has 2 bridgehead atoms. The number of fused-ring (bicyclic) bond motifs is 2. The van der Waals surface area contributed by atoms with E-state index in [0.29, 0.717) is 18.3 Å². The molecule has 0 aromatic rings. The highest BCUT2D eigenvalue weighted by molar-refractivity contribution is 5.81. The first-order chi connectivity index (χ1) is 7.56. The summed E-state index contributed by atoms with van der Waals surface area (Å²) in [6, 6.07) is 0. The first kappa shape index (κ1) is 11.4. The van der Waals surface area contributed by atoms with Crippen LogP contribution in [0.25, 0.3) is 0 Å². The van der Waals surface area contributed by atoms with E-state index in [1.807, 2.05) is 0 Å². The maximum absolute atomic E-state index is 11.6. The maximum Gasteiger partial charge on any atom is 0.306 e. The summed E-state index contributed by atoms with van der Waals surface area (Å²) in [4.78, 5) is 22.3. The van der Waals surface area contributed by atoms with Gasteiger partial charge in [-0.05, 0) is 43.9 Å². The molecule has 2 saturated carbocycles. The molecule has 4 atom stereocenters. The van der Waals surface area contributed by atoms with Gasteiger partial charge in [0, 0.05) is 6.42 Å². The van der Waals surface area contributed by atoms with Gasteiger partial charge in [-0.3, -0.25) is 9.59 Å². The van der Waals surface area contributed by atoms with Gasteiger partial charge in [-0.1, -0.05) is 6.42 Å². The monoisotopic (exact) mass is 225 g/mol. The molecule has 0 aromatic carbocycles. The van der Waals surface area contributed by atoms with Gasteiger partial charge in [0.2, 0.25) is 0 Å². The molecule has 2 aliphatic carbocycles. The van der Waals surface area contributed by atoms with E-state index < -0.39 is 12.0 Å². The first-order valence-electron chi connectivity index (χ1n) is 6.05. The zero-order valence-electron chi connectivity index (χ0n) is 9.65. The van der Waals surface area contributed by atoms with Gasteiger partial charge >= 0.3 is 5.97 Å². The Morgan fingerprint density at radius 3 is 2.62 bits per heavy atom. The number of amides is 1. The number of esters is 1. The summed E-state index contributed by atoms with van der Waals surface area (Å²) < 4.78 is 4.97. The van der Waals surface area contributed by atoms with E-state index in [2.05, 4.69) is 0 Å². The van der Waals surface area contributed by atoms with Gasteiger partial charge in [0.1, 0.15) is 0 Å². The zero-order chi connectivity index (χ0) is 11.7. The van der Waals surface area contributed by atoms with E-state index in [1.54, 1.807) is 0 Å². The molecule has 4 nitrogen and oxygen atoms in total. The van der Waals surface area contributed by atoms with Crippen molar-refractivity contribution in [3.8, 4) is 0 Å². The van der Waals surface area contributed by atoms with E-state index >= 15 is 0 Å². The number of ether oxygens (including phenoxy) is 1. The van der Waals surface area contributed by atoms with E-state index in [4.69, 9.17) is 10.5 Å². The normalized spacial score (nSPS) is 33.7. The molecule has 0 spiro atoms. The van der Waals surface area contributed by atoms with Crippen molar-refractivity contribution in [2.24, 2.45) is 23.5 Å². The second-order valence-electron chi connectivity index (χ2n) is 5.17. The number of hydrogen-bond donors (Lipinski definition) is 1. The number of hydrogen-bond acceptors (Lipinski definition) is 3. The van der Waals surface area contributed by atoms with Crippen molar-refractivity contribution in [3.05, 3.63) is 0 Å². The van der Waals surface area contributed by atoms with Crippen molar-refractivity contribution < 1.29 is 14.3 Å². The Morgan fingerprint density at radius 2 is 2.12 bits per heavy atom. The molecule has 16 heavy (non-hydrogen) atoms. The highest BCUT2D eigenvalue weighted by Crippen LogP contribution is 2.49. The summed E-state index contributed by atoms with van der Waals surface area (Å²) in [6.07, 6.45) is 4.68. The molecule has 0 saturated heterocycles. The molecule has 90 valence electrons. The van der Waals surface area contributed by atoms with Gasteiger partial charge < -0.3 is 10.5 Å². The molecule has 2 rings (SSSR count). The van der Waals surface area contributed by atoms with Crippen LogP contribution in [0, 0.1) is 17.8 Å². The van der Waals surface area contributed by atoms with E-state index in [1.165, 1.54) is 26.2 Å². The van der Waals surface area contributed by atoms with Crippen LogP contribution in [0.2, 0.25) is 0 Å². The summed E-state index contributed by atoms with van der Waals surface area (Å²) in [5, 5.41) is 0. The lowest BCUT2D eigenvalue weighted by Crippen LogP contribution is -2.31. The van der Waals surface area contributed by atoms with Gasteiger partial charge in [0.25, 0.3) is 5.91 Å². The predicted molar refractivity (Wildman–Crippen MR) is 58.3 cm³/mol. The Labute approximate surface area is 95.5 Å². The largest absolute Gasteiger partial charge is 0.453 e. The van der Waals surface area contributed by atoms with E-state index in [-0.39, 0.29) is 5.97 Å². The third-order valence-corrected chi connectivity index (χ3v) is 4.02. The molecule has 0 aliphatic heterocycles. The summed E-state index contributed by atoms with van der Waals surface area (Å²) in [5.41, 5.74) is 5.04. The van der Waals surface area contributed by atoms with Crippen LogP contribution in [-0.4, -0.2) is 18.0 Å². The Bertz CT molecular complexity index is 303. The predicted octanol–water partition coefficient (Wildman–Crippen LogP) is 1.23. The molecule has 4 heteroatoms. The van der Waals surface area contributed by atoms with Gasteiger partial charge in [-0.25, -0.2) is 0 Å². The van der Waals surface area contributed by atoms with E-state index in [9.17, 15) is 9.59 Å². The van der Waals surface area contributed by atoms with Crippen LogP contribution in [0.4, 0.5) is 0 Å². The lowest BCUT2D eigenvalue weighted by molar-refractivity contribution is -0.155. The number of carbonyl (C=O) groups excluding carboxylic acids is 2. The van der Waals surface area contributed by atoms with E-state index in [0.717, 1.165) is 12.3 Å². The van der Waals surface area contributed by atoms with Crippen molar-refractivity contribution >= 4 is 11.9 Å². The van der Waals surface area contributed by atoms with Crippen LogP contribution >= 0.6 is 0 Å². The third-order valence-electron chi connectivity index (χ3n) is 4.02. The molecule has 2 N–H and O–H groups in total. The average Bonchev–Trinajstić information content (AvgIpc) is 2.78. The minimum atomic E-state index is -0.800. The van der Waals surface area contributed by atoms with Crippen molar-refractivity contribution in [1.29, 1.82) is 0 Å². The Hall–Kier alpha value is -1.06. The Morgan fingerprint density at radius 1 is 1.38 bits per heavy atom. The average molecular weight is 225 g/mol. The van der Waals surface area contributed by atoms with Crippen molar-refractivity contribution in [3.63, 3.8) is 0 Å². The molecule has 2 fully saturated rings. The Kier molecular flexibility index (Phi) is 3.17. The fourth-order valence-electron chi connectivity index (χ4n) is 3.14. The summed E-state index contributed by atoms with van der Waals surface area (Å²) in [5.74, 6) is 1.16. The smallest absolute Gasteiger partial charge is 0.306 e. The molecule has 0 radical (unpaired) electrons. The number of carbonyl (C=O) groups is 2. The Balaban J connectivity index is 1.77. The molecule has 1 amide bonds. The second-order valence-corrected chi connectivity index (χ2v) is 5.17. The first-order valence-corrected chi connectivity index (χ1v) is 6.05. The van der Waals surface area contributed by atoms with Crippen LogP contribution in [0.3, 0.4) is 0 Å². The summed E-state index contributed by atoms with van der Waals surface area (Å²) in [6.45, 7) is 1.51. The van der Waals surface area contributed by atoms with Crippen LogP contribution in [0.15, 0.2) is 0 Å². The van der Waals surface area contributed by atoms with Crippen LogP contribution in [0.1, 0.15) is 39.0 Å². The van der Waals surface area contributed by atoms with Crippen molar-refractivity contribution in [1.82, 2.24) is 0 Å². The van der Waals surface area contributed by atoms with Gasteiger partial charge in [-0.15, -0.1) is 0 Å². The summed E-state index contributed by atoms with van der Waals surface area (Å²) >= 11 is 0. The SMILES string of the molecule is CC(OC(=O)CC1CC2CCC1C2)C(N)=O. The van der Waals surface area contributed by atoms with Crippen molar-refractivity contribution in [2.45, 2.75) is 45.1 Å². The maximum atomic E-state index is 11.6. The fraction of sp³-hybridized carbons (Fsp3) is 0.833. The molecular formula is C12H19NO3. The summed E-state index contributed by atoms with van der Waals surface area (Å²) in [7, 11) is 0. The van der Waals surface area contributed by atoms with Gasteiger partial charge in [0.15, 0.2) is 6.10 Å². The quantitative estimate of drug-likeness (QED) is 0.731. The van der Waals surface area contributed by atoms with Crippen LogP contribution < -0.4 is 5.73 Å². The minimum absolute atomic E-state index is 0.274. The minimum Gasteiger partial charge on any atom is -0.453 e. The number of nitrogens with two attached hydrogens (primary N) is 1. The molecule has 0 heterocycles. The van der Waals surface area contributed by atoms with Crippen LogP contribution in [0.5, 0.6) is 0 Å². The lowest BCUT2D eigenvalue weighted by Gasteiger charge is -2.21. The van der Waals surface area contributed by atoms with Gasteiger partial charge in [-0.2, -0.15) is 0 Å². The van der Waals surface area contributed by atoms with Crippen molar-refractivity contribution in [2.75, 3.05) is 0 Å². The van der Waals surface area contributed by atoms with Crippen LogP contribution in [-0.2, 0) is 14.3 Å². The third kappa shape index (κ3) is 2.36. The topological polar surface area (TPSA) is 69.4 Å². The zero-order valence-corrected chi connectivity index (χ0v) is 9.65. The lowest BCUT2D eigenvalue weighted by atomic mass is 9.86. The highest BCUT2D eigenvalue weighted by Gasteiger charge is 2.40. The molecule has 0 aromatic heterocycles. The fourth-order valence-corrected chi connectivity index (χ4v) is 3.14. The second kappa shape index (κ2) is 4.44. The molecule has 2 aliphatic rings. The standard InChI is InChI=1S/C12H19NO3/c1-7(12(13)15)16-11(14)6-10-5-8-2-3-9(10)4-8/h7-10H,2-6H2,1H3,(H2,13,15). The van der Waals surface area contributed by atoms with Gasteiger partial charge in [0.05, 0.1) is 0 Å².